The van der Waals surface area contributed by atoms with Crippen molar-refractivity contribution in [2.24, 2.45) is 5.41 Å². The third kappa shape index (κ3) is 3.54. The van der Waals surface area contributed by atoms with Gasteiger partial charge in [-0.25, -0.2) is 8.42 Å². The summed E-state index contributed by atoms with van der Waals surface area (Å²) in [6.07, 6.45) is 3.10. The highest BCUT2D eigenvalue weighted by molar-refractivity contribution is 7.89. The van der Waals surface area contributed by atoms with Crippen LogP contribution in [0.1, 0.15) is 52.9 Å². The van der Waals surface area contributed by atoms with E-state index in [1.807, 2.05) is 0 Å². The highest BCUT2D eigenvalue weighted by atomic mass is 32.2. The lowest BCUT2D eigenvalue weighted by Gasteiger charge is -2.47. The van der Waals surface area contributed by atoms with E-state index >= 15 is 0 Å². The van der Waals surface area contributed by atoms with Crippen LogP contribution in [-0.4, -0.2) is 62.2 Å². The number of rotatable bonds is 4. The van der Waals surface area contributed by atoms with Gasteiger partial charge in [-0.15, -0.1) is 0 Å². The van der Waals surface area contributed by atoms with Crippen LogP contribution in [0.5, 0.6) is 0 Å². The van der Waals surface area contributed by atoms with Crippen LogP contribution < -0.4 is 0 Å². The maximum absolute atomic E-state index is 13.1. The minimum Gasteiger partial charge on any atom is -0.278 e. The Morgan fingerprint density at radius 3 is 2.25 bits per heavy atom. The molecule has 1 saturated heterocycles. The standard InChI is InChI=1S/C16H27BN2O4S/c1-5-24(22,23)18(4)14-15(21)19(13(20)10-16(14,2)3)12-8-6-11(17)7-9-12/h11-12,14H,5-10H2,1-4H3. The molecule has 0 aromatic rings. The van der Waals surface area contributed by atoms with Crippen molar-refractivity contribution in [2.45, 2.75) is 70.8 Å². The first-order chi connectivity index (χ1) is 11.0. The van der Waals surface area contributed by atoms with Crippen molar-refractivity contribution in [3.63, 3.8) is 0 Å². The van der Waals surface area contributed by atoms with E-state index < -0.39 is 27.4 Å². The summed E-state index contributed by atoms with van der Waals surface area (Å²) in [5.41, 5.74) is -0.729. The summed E-state index contributed by atoms with van der Waals surface area (Å²) in [5.74, 6) is -0.554. The van der Waals surface area contributed by atoms with E-state index in [0.717, 1.165) is 17.1 Å². The lowest BCUT2D eigenvalue weighted by molar-refractivity contribution is -0.161. The molecule has 2 rings (SSSR count). The van der Waals surface area contributed by atoms with Crippen molar-refractivity contribution in [3.05, 3.63) is 0 Å². The number of carbonyl (C=O) groups excluding carboxylic acids is 2. The first kappa shape index (κ1) is 19.4. The van der Waals surface area contributed by atoms with Gasteiger partial charge in [0.25, 0.3) is 0 Å². The molecule has 0 aromatic carbocycles. The van der Waals surface area contributed by atoms with Gasteiger partial charge in [-0.1, -0.05) is 32.5 Å². The number of nitrogens with zero attached hydrogens (tertiary/aromatic N) is 2. The van der Waals surface area contributed by atoms with Crippen molar-refractivity contribution in [3.8, 4) is 0 Å². The maximum Gasteiger partial charge on any atom is 0.248 e. The normalized spacial score (nSPS) is 31.5. The van der Waals surface area contributed by atoms with Gasteiger partial charge in [-0.2, -0.15) is 4.31 Å². The molecule has 2 aliphatic rings. The summed E-state index contributed by atoms with van der Waals surface area (Å²) in [6, 6.07) is -1.02. The minimum absolute atomic E-state index is 0.0738. The summed E-state index contributed by atoms with van der Waals surface area (Å²) < 4.78 is 25.7. The first-order valence-electron chi connectivity index (χ1n) is 8.58. The first-order valence-corrected chi connectivity index (χ1v) is 10.2. The number of carbonyl (C=O) groups is 2. The van der Waals surface area contributed by atoms with Crippen LogP contribution in [0, 0.1) is 5.41 Å². The molecule has 2 amide bonds. The van der Waals surface area contributed by atoms with Gasteiger partial charge in [0.15, 0.2) is 0 Å². The van der Waals surface area contributed by atoms with Gasteiger partial charge in [0, 0.05) is 19.5 Å². The van der Waals surface area contributed by atoms with E-state index in [2.05, 4.69) is 0 Å². The van der Waals surface area contributed by atoms with Gasteiger partial charge < -0.3 is 0 Å². The zero-order valence-corrected chi connectivity index (χ0v) is 15.8. The van der Waals surface area contributed by atoms with Crippen molar-refractivity contribution in [1.29, 1.82) is 0 Å². The van der Waals surface area contributed by atoms with E-state index in [4.69, 9.17) is 7.85 Å². The van der Waals surface area contributed by atoms with Crippen LogP contribution in [0.2, 0.25) is 5.82 Å². The SMILES string of the molecule is [B]C1CCC(N2C(=O)CC(C)(C)C(N(C)S(=O)(=O)CC)C2=O)CC1. The molecule has 0 bridgehead atoms. The zero-order chi connectivity index (χ0) is 18.3. The second kappa shape index (κ2) is 6.79. The molecule has 6 nitrogen and oxygen atoms in total. The van der Waals surface area contributed by atoms with Crippen LogP contribution in [0.15, 0.2) is 0 Å². The van der Waals surface area contributed by atoms with Gasteiger partial charge >= 0.3 is 0 Å². The average molecular weight is 354 g/mol. The van der Waals surface area contributed by atoms with Crippen molar-refractivity contribution in [2.75, 3.05) is 12.8 Å². The molecule has 1 unspecified atom stereocenters. The number of amides is 2. The molecule has 1 aliphatic heterocycles. The van der Waals surface area contributed by atoms with Crippen LogP contribution >= 0.6 is 0 Å². The minimum atomic E-state index is -3.53. The van der Waals surface area contributed by atoms with Gasteiger partial charge in [0.05, 0.1) is 13.6 Å². The lowest BCUT2D eigenvalue weighted by Crippen LogP contribution is -2.64. The second-order valence-electron chi connectivity index (χ2n) is 7.66. The molecule has 2 radical (unpaired) electrons. The highest BCUT2D eigenvalue weighted by Crippen LogP contribution is 2.39. The molecular weight excluding hydrogens is 327 g/mol. The van der Waals surface area contributed by atoms with Gasteiger partial charge in [-0.3, -0.25) is 14.5 Å². The highest BCUT2D eigenvalue weighted by Gasteiger charge is 2.52. The number of hydrogen-bond donors (Lipinski definition) is 0. The van der Waals surface area contributed by atoms with Crippen LogP contribution in [0.4, 0.5) is 0 Å². The van der Waals surface area contributed by atoms with Crippen molar-refractivity contribution in [1.82, 2.24) is 9.21 Å². The fourth-order valence-corrected chi connectivity index (χ4v) is 5.02. The van der Waals surface area contributed by atoms with Crippen molar-refractivity contribution >= 4 is 29.7 Å². The van der Waals surface area contributed by atoms with E-state index in [9.17, 15) is 18.0 Å². The van der Waals surface area contributed by atoms with Crippen LogP contribution in [0.25, 0.3) is 0 Å². The number of piperidine rings is 1. The van der Waals surface area contributed by atoms with Gasteiger partial charge in [-0.05, 0) is 25.2 Å². The summed E-state index contributed by atoms with van der Waals surface area (Å²) in [6.45, 7) is 5.12. The molecule has 1 atom stereocenters. The van der Waals surface area contributed by atoms with Crippen molar-refractivity contribution < 1.29 is 18.0 Å². The summed E-state index contributed by atoms with van der Waals surface area (Å²) in [4.78, 5) is 27.0. The maximum atomic E-state index is 13.1. The molecule has 0 aromatic heterocycles. The van der Waals surface area contributed by atoms with E-state index in [0.29, 0.717) is 12.8 Å². The Morgan fingerprint density at radius 2 is 1.75 bits per heavy atom. The predicted octanol–water partition coefficient (Wildman–Crippen LogP) is 1.32. The Kier molecular flexibility index (Phi) is 5.50. The molecule has 2 fully saturated rings. The average Bonchev–Trinajstić information content (AvgIpc) is 2.47. The Hall–Kier alpha value is -0.885. The molecule has 1 heterocycles. The molecule has 24 heavy (non-hydrogen) atoms. The Morgan fingerprint density at radius 1 is 1.21 bits per heavy atom. The summed E-state index contributed by atoms with van der Waals surface area (Å²) in [5, 5.41) is 0. The van der Waals surface area contributed by atoms with Gasteiger partial charge in [0.1, 0.15) is 6.04 Å². The molecule has 1 saturated carbocycles. The smallest absolute Gasteiger partial charge is 0.248 e. The number of likely N-dealkylation sites (N-methyl/N-ethyl adjacent to an activating group) is 1. The van der Waals surface area contributed by atoms with E-state index in [-0.39, 0.29) is 29.9 Å². The molecule has 8 heteroatoms. The number of likely N-dealkylation sites (tertiary alicyclic amines) is 1. The molecule has 1 aliphatic carbocycles. The fourth-order valence-electron chi connectivity index (χ4n) is 3.92. The second-order valence-corrected chi connectivity index (χ2v) is 9.97. The zero-order valence-electron chi connectivity index (χ0n) is 15.0. The number of hydrogen-bond acceptors (Lipinski definition) is 4. The Balaban J connectivity index is 2.33. The summed E-state index contributed by atoms with van der Waals surface area (Å²) >= 11 is 0. The quantitative estimate of drug-likeness (QED) is 0.564. The monoisotopic (exact) mass is 354 g/mol. The topological polar surface area (TPSA) is 74.8 Å². The molecule has 0 N–H and O–H groups in total. The van der Waals surface area contributed by atoms with E-state index in [1.165, 1.54) is 11.9 Å². The largest absolute Gasteiger partial charge is 0.278 e. The molecular formula is C16H27BN2O4S. The lowest BCUT2D eigenvalue weighted by atomic mass is 9.72. The summed E-state index contributed by atoms with van der Waals surface area (Å²) in [7, 11) is 3.82. The third-order valence-electron chi connectivity index (χ3n) is 5.36. The fraction of sp³-hybridized carbons (Fsp3) is 0.875. The van der Waals surface area contributed by atoms with Crippen LogP contribution in [-0.2, 0) is 19.6 Å². The van der Waals surface area contributed by atoms with Crippen LogP contribution in [0.3, 0.4) is 0 Å². The Labute approximate surface area is 146 Å². The predicted molar refractivity (Wildman–Crippen MR) is 93.0 cm³/mol. The van der Waals surface area contributed by atoms with E-state index in [1.54, 1.807) is 20.8 Å². The molecule has 0 spiro atoms. The third-order valence-corrected chi connectivity index (χ3v) is 7.18. The number of sulfonamides is 1. The number of imide groups is 1. The molecule has 134 valence electrons. The Bertz CT molecular complexity index is 612. The van der Waals surface area contributed by atoms with Gasteiger partial charge in [0.2, 0.25) is 21.8 Å².